The van der Waals surface area contributed by atoms with Gasteiger partial charge in [-0.3, -0.25) is 0 Å². The standard InChI is InChI=1S/C24H22O2/c1-3-17-8-10-19(11-9-17)24-23(18-12-14-20(25)15-13-18)16(2)21-6-4-5-7-22(21)26-24/h4-15,24-25H,3H2,1-2H3. The van der Waals surface area contributed by atoms with Crippen LogP contribution < -0.4 is 4.74 Å². The molecule has 0 saturated carbocycles. The maximum absolute atomic E-state index is 9.67. The Labute approximate surface area is 154 Å². The number of allylic oxidation sites excluding steroid dienone is 1. The van der Waals surface area contributed by atoms with E-state index in [1.165, 1.54) is 11.1 Å². The van der Waals surface area contributed by atoms with E-state index in [1.807, 2.05) is 30.3 Å². The van der Waals surface area contributed by atoms with Crippen LogP contribution in [-0.2, 0) is 6.42 Å². The molecule has 2 nitrogen and oxygen atoms in total. The summed E-state index contributed by atoms with van der Waals surface area (Å²) in [6.45, 7) is 4.31. The lowest BCUT2D eigenvalue weighted by Crippen LogP contribution is -2.16. The molecular weight excluding hydrogens is 320 g/mol. The highest BCUT2D eigenvalue weighted by molar-refractivity contribution is 5.95. The zero-order valence-corrected chi connectivity index (χ0v) is 15.1. The molecule has 3 aromatic carbocycles. The van der Waals surface area contributed by atoms with Crippen molar-refractivity contribution in [3.8, 4) is 11.5 Å². The van der Waals surface area contributed by atoms with Crippen LogP contribution in [0.5, 0.6) is 11.5 Å². The first-order valence-electron chi connectivity index (χ1n) is 9.02. The lowest BCUT2D eigenvalue weighted by Gasteiger charge is -2.31. The van der Waals surface area contributed by atoms with Crippen LogP contribution in [0.3, 0.4) is 0 Å². The molecule has 1 unspecified atom stereocenters. The van der Waals surface area contributed by atoms with Crippen LogP contribution in [0.2, 0.25) is 0 Å². The Morgan fingerprint density at radius 1 is 0.885 bits per heavy atom. The summed E-state index contributed by atoms with van der Waals surface area (Å²) in [6.07, 6.45) is 0.856. The van der Waals surface area contributed by atoms with Gasteiger partial charge in [0.05, 0.1) is 0 Å². The van der Waals surface area contributed by atoms with E-state index in [-0.39, 0.29) is 11.9 Å². The monoisotopic (exact) mass is 342 g/mol. The second-order valence-electron chi connectivity index (χ2n) is 6.67. The average molecular weight is 342 g/mol. The van der Waals surface area contributed by atoms with Crippen molar-refractivity contribution in [1.29, 1.82) is 0 Å². The molecule has 0 fully saturated rings. The number of ether oxygens (including phenoxy) is 1. The Morgan fingerprint density at radius 3 is 2.27 bits per heavy atom. The van der Waals surface area contributed by atoms with Crippen molar-refractivity contribution in [3.05, 3.63) is 95.1 Å². The quantitative estimate of drug-likeness (QED) is 0.631. The van der Waals surface area contributed by atoms with Crippen LogP contribution in [0, 0.1) is 0 Å². The molecule has 1 aliphatic rings. The summed E-state index contributed by atoms with van der Waals surface area (Å²) in [5, 5.41) is 9.67. The van der Waals surface area contributed by atoms with E-state index in [0.29, 0.717) is 0 Å². The van der Waals surface area contributed by atoms with E-state index in [9.17, 15) is 5.11 Å². The molecule has 3 aromatic rings. The van der Waals surface area contributed by atoms with E-state index in [0.717, 1.165) is 34.4 Å². The second kappa shape index (κ2) is 6.72. The molecule has 26 heavy (non-hydrogen) atoms. The first-order chi connectivity index (χ1) is 12.7. The van der Waals surface area contributed by atoms with Crippen molar-refractivity contribution in [2.24, 2.45) is 0 Å². The molecule has 0 radical (unpaired) electrons. The highest BCUT2D eigenvalue weighted by Gasteiger charge is 2.28. The van der Waals surface area contributed by atoms with Gasteiger partial charge in [-0.2, -0.15) is 0 Å². The summed E-state index contributed by atoms with van der Waals surface area (Å²) < 4.78 is 6.44. The van der Waals surface area contributed by atoms with E-state index in [2.05, 4.69) is 44.2 Å². The van der Waals surface area contributed by atoms with Gasteiger partial charge >= 0.3 is 0 Å². The van der Waals surface area contributed by atoms with Crippen molar-refractivity contribution < 1.29 is 9.84 Å². The summed E-state index contributed by atoms with van der Waals surface area (Å²) in [5.41, 5.74) is 7.00. The minimum absolute atomic E-state index is 0.166. The second-order valence-corrected chi connectivity index (χ2v) is 6.67. The Balaban J connectivity index is 1.88. The first-order valence-corrected chi connectivity index (χ1v) is 9.02. The predicted molar refractivity (Wildman–Crippen MR) is 106 cm³/mol. The molecule has 1 atom stereocenters. The van der Waals surface area contributed by atoms with Crippen molar-refractivity contribution in [3.63, 3.8) is 0 Å². The van der Waals surface area contributed by atoms with Crippen LogP contribution in [0.4, 0.5) is 0 Å². The topological polar surface area (TPSA) is 29.5 Å². The molecule has 130 valence electrons. The van der Waals surface area contributed by atoms with Gasteiger partial charge in [0.25, 0.3) is 0 Å². The van der Waals surface area contributed by atoms with Crippen LogP contribution in [0.25, 0.3) is 11.1 Å². The largest absolute Gasteiger partial charge is 0.508 e. The predicted octanol–water partition coefficient (Wildman–Crippen LogP) is 6.02. The van der Waals surface area contributed by atoms with Gasteiger partial charge in [-0.25, -0.2) is 0 Å². The van der Waals surface area contributed by atoms with E-state index < -0.39 is 0 Å². The van der Waals surface area contributed by atoms with Gasteiger partial charge in [0.1, 0.15) is 17.6 Å². The molecular formula is C24H22O2. The average Bonchev–Trinajstić information content (AvgIpc) is 2.69. The summed E-state index contributed by atoms with van der Waals surface area (Å²) in [4.78, 5) is 0. The zero-order chi connectivity index (χ0) is 18.1. The van der Waals surface area contributed by atoms with E-state index >= 15 is 0 Å². The number of phenols is 1. The minimum atomic E-state index is -0.166. The number of benzene rings is 3. The third kappa shape index (κ3) is 2.88. The number of hydrogen-bond donors (Lipinski definition) is 1. The minimum Gasteiger partial charge on any atom is -0.508 e. The normalized spacial score (nSPS) is 16.2. The van der Waals surface area contributed by atoms with E-state index in [1.54, 1.807) is 12.1 Å². The van der Waals surface area contributed by atoms with Crippen LogP contribution in [0.15, 0.2) is 72.8 Å². The fraction of sp³-hybridized carbons (Fsp3) is 0.167. The highest BCUT2D eigenvalue weighted by Crippen LogP contribution is 2.46. The molecule has 0 spiro atoms. The summed E-state index contributed by atoms with van der Waals surface area (Å²) in [6, 6.07) is 24.2. The zero-order valence-electron chi connectivity index (χ0n) is 15.1. The first kappa shape index (κ1) is 16.5. The van der Waals surface area contributed by atoms with Crippen molar-refractivity contribution in [2.75, 3.05) is 0 Å². The lowest BCUT2D eigenvalue weighted by molar-refractivity contribution is 0.260. The molecule has 0 aliphatic carbocycles. The number of fused-ring (bicyclic) bond motifs is 1. The van der Waals surface area contributed by atoms with Crippen molar-refractivity contribution in [1.82, 2.24) is 0 Å². The van der Waals surface area contributed by atoms with Gasteiger partial charge in [0.2, 0.25) is 0 Å². The summed E-state index contributed by atoms with van der Waals surface area (Å²) in [7, 11) is 0. The molecule has 0 aromatic heterocycles. The van der Waals surface area contributed by atoms with Crippen molar-refractivity contribution >= 4 is 11.1 Å². The van der Waals surface area contributed by atoms with Gasteiger partial charge in [-0.1, -0.05) is 61.5 Å². The number of phenolic OH excluding ortho intramolecular Hbond substituents is 1. The Hall–Kier alpha value is -3.00. The van der Waals surface area contributed by atoms with Crippen LogP contribution >= 0.6 is 0 Å². The maximum Gasteiger partial charge on any atom is 0.150 e. The molecule has 4 rings (SSSR count). The maximum atomic E-state index is 9.67. The number of hydrogen-bond acceptors (Lipinski definition) is 2. The Morgan fingerprint density at radius 2 is 1.58 bits per heavy atom. The SMILES string of the molecule is CCc1ccc(C2Oc3ccccc3C(C)=C2c2ccc(O)cc2)cc1. The number of aromatic hydroxyl groups is 1. The van der Waals surface area contributed by atoms with Gasteiger partial charge in [0, 0.05) is 11.1 Å². The van der Waals surface area contributed by atoms with Gasteiger partial charge in [-0.15, -0.1) is 0 Å². The van der Waals surface area contributed by atoms with Crippen molar-refractivity contribution in [2.45, 2.75) is 26.4 Å². The number of aryl methyl sites for hydroxylation is 1. The molecule has 2 heteroatoms. The highest BCUT2D eigenvalue weighted by atomic mass is 16.5. The van der Waals surface area contributed by atoms with Crippen LogP contribution in [-0.4, -0.2) is 5.11 Å². The van der Waals surface area contributed by atoms with E-state index in [4.69, 9.17) is 4.74 Å². The molecule has 0 amide bonds. The fourth-order valence-corrected chi connectivity index (χ4v) is 3.58. The van der Waals surface area contributed by atoms with Gasteiger partial charge < -0.3 is 9.84 Å². The Kier molecular flexibility index (Phi) is 4.26. The fourth-order valence-electron chi connectivity index (χ4n) is 3.58. The van der Waals surface area contributed by atoms with Gasteiger partial charge in [-0.05, 0) is 53.8 Å². The third-order valence-electron chi connectivity index (χ3n) is 5.07. The molecule has 0 bridgehead atoms. The molecule has 1 aliphatic heterocycles. The summed E-state index contributed by atoms with van der Waals surface area (Å²) >= 11 is 0. The molecule has 1 heterocycles. The lowest BCUT2D eigenvalue weighted by atomic mass is 9.86. The molecule has 1 N–H and O–H groups in total. The Bertz CT molecular complexity index is 950. The van der Waals surface area contributed by atoms with Crippen LogP contribution in [0.1, 0.15) is 42.2 Å². The molecule has 0 saturated heterocycles. The third-order valence-corrected chi connectivity index (χ3v) is 5.07. The van der Waals surface area contributed by atoms with Gasteiger partial charge in [0.15, 0.2) is 0 Å². The smallest absolute Gasteiger partial charge is 0.150 e. The summed E-state index contributed by atoms with van der Waals surface area (Å²) in [5.74, 6) is 1.19. The number of para-hydroxylation sites is 1. The number of rotatable bonds is 3.